The lowest BCUT2D eigenvalue weighted by atomic mass is 9.97. The van der Waals surface area contributed by atoms with Gasteiger partial charge in [0.2, 0.25) is 5.91 Å². The molecule has 49 heavy (non-hydrogen) atoms. The minimum Gasteiger partial charge on any atom is -0.354 e. The third-order valence-corrected chi connectivity index (χ3v) is 8.42. The molecule has 1 aliphatic heterocycles. The van der Waals surface area contributed by atoms with Gasteiger partial charge in [0.1, 0.15) is 5.82 Å². The van der Waals surface area contributed by atoms with Crippen LogP contribution in [0.15, 0.2) is 67.5 Å². The molecule has 0 aliphatic carbocycles. The second-order valence-electron chi connectivity index (χ2n) is 12.8. The van der Waals surface area contributed by atoms with E-state index in [4.69, 9.17) is 4.98 Å². The van der Waals surface area contributed by atoms with Gasteiger partial charge < -0.3 is 25.0 Å². The maximum Gasteiger partial charge on any atom is 0.252 e. The average Bonchev–Trinajstić information content (AvgIpc) is 3.54. The highest BCUT2D eigenvalue weighted by Gasteiger charge is 2.20. The summed E-state index contributed by atoms with van der Waals surface area (Å²) in [4.78, 5) is 35.7. The van der Waals surface area contributed by atoms with E-state index in [9.17, 15) is 9.59 Å². The van der Waals surface area contributed by atoms with Gasteiger partial charge in [-0.2, -0.15) is 0 Å². The van der Waals surface area contributed by atoms with Crippen LogP contribution in [0.3, 0.4) is 0 Å². The highest BCUT2D eigenvalue weighted by molar-refractivity contribution is 6.08. The normalized spacial score (nSPS) is 12.9. The lowest BCUT2D eigenvalue weighted by molar-refractivity contribution is -0.111. The average molecular weight is 667 g/mol. The fourth-order valence-electron chi connectivity index (χ4n) is 6.00. The fraction of sp³-hybridized carbons (Fsp3) is 0.439. The van der Waals surface area contributed by atoms with Crippen LogP contribution >= 0.6 is 0 Å². The van der Waals surface area contributed by atoms with Gasteiger partial charge in [-0.15, -0.1) is 0 Å². The van der Waals surface area contributed by atoms with Crippen LogP contribution in [0, 0.1) is 6.92 Å². The summed E-state index contributed by atoms with van der Waals surface area (Å²) in [5, 5.41) is 7.03. The maximum atomic E-state index is 14.0. The first-order valence-corrected chi connectivity index (χ1v) is 18.0. The van der Waals surface area contributed by atoms with Crippen LogP contribution in [0.5, 0.6) is 0 Å². The van der Waals surface area contributed by atoms with E-state index < -0.39 is 0 Å². The van der Waals surface area contributed by atoms with Gasteiger partial charge in [0.25, 0.3) is 5.91 Å². The molecule has 4 aromatic rings. The summed E-state index contributed by atoms with van der Waals surface area (Å²) >= 11 is 0. The molecular weight excluding hydrogens is 608 g/mol. The van der Waals surface area contributed by atoms with Crippen molar-refractivity contribution in [2.75, 3.05) is 43.4 Å². The van der Waals surface area contributed by atoms with Gasteiger partial charge in [-0.05, 0) is 99.0 Å². The molecule has 2 amide bonds. The Hall–Kier alpha value is -4.43. The quantitative estimate of drug-likeness (QED) is 0.165. The van der Waals surface area contributed by atoms with Crippen LogP contribution in [0.2, 0.25) is 0 Å². The number of likely N-dealkylation sites (N-methyl/N-ethyl adjacent to an activating group) is 1. The van der Waals surface area contributed by atoms with E-state index in [1.54, 1.807) is 0 Å². The zero-order chi connectivity index (χ0) is 36.1. The highest BCUT2D eigenvalue weighted by Crippen LogP contribution is 2.31. The minimum absolute atomic E-state index is 0.163. The van der Waals surface area contributed by atoms with Crippen LogP contribution in [0.4, 0.5) is 11.5 Å². The molecule has 264 valence electrons. The second-order valence-corrected chi connectivity index (χ2v) is 12.8. The monoisotopic (exact) mass is 666 g/mol. The van der Waals surface area contributed by atoms with E-state index in [-0.39, 0.29) is 17.9 Å². The standard InChI is InChI=1S/C36H44N6O2.C3H8.C2H6/c1-7-9-26-18-25(5)19-32(39-35(43)8-2)31(26)23-38-36(44)30-20-28(21-33-29(30)12-13-42(33)24(3)4)27-10-11-34(37-22-27)41-16-14-40(6)15-17-41;1-3-2;1-2/h8,10-13,18-22,24H,2,7,9,14-17,23H2,1,3-6H3,(H,38,44)(H,39,43);3H2,1-2H3;1-2H3. The number of piperazine rings is 1. The number of pyridine rings is 1. The molecular formula is C41H58N6O2. The summed E-state index contributed by atoms with van der Waals surface area (Å²) in [5.74, 6) is 0.540. The molecule has 0 saturated carbocycles. The lowest BCUT2D eigenvalue weighted by Crippen LogP contribution is -2.44. The first kappa shape index (κ1) is 39.0. The molecule has 8 heteroatoms. The number of aryl methyl sites for hydroxylation is 2. The zero-order valence-electron chi connectivity index (χ0n) is 31.3. The Balaban J connectivity index is 0.00000123. The van der Waals surface area contributed by atoms with E-state index in [0.717, 1.165) is 83.6 Å². The molecule has 1 fully saturated rings. The number of carbonyl (C=O) groups excluding carboxylic acids is 2. The van der Waals surface area contributed by atoms with Gasteiger partial charge >= 0.3 is 0 Å². The molecule has 8 nitrogen and oxygen atoms in total. The van der Waals surface area contributed by atoms with Gasteiger partial charge in [-0.3, -0.25) is 9.59 Å². The van der Waals surface area contributed by atoms with Crippen LogP contribution in [-0.2, 0) is 17.8 Å². The Morgan fingerprint density at radius 3 is 2.27 bits per heavy atom. The Labute approximate surface area is 294 Å². The number of nitrogens with one attached hydrogen (secondary N) is 2. The van der Waals surface area contributed by atoms with E-state index in [1.165, 1.54) is 12.5 Å². The zero-order valence-corrected chi connectivity index (χ0v) is 31.3. The van der Waals surface area contributed by atoms with Crippen LogP contribution in [-0.4, -0.2) is 59.5 Å². The Bertz CT molecular complexity index is 1680. The smallest absolute Gasteiger partial charge is 0.252 e. The summed E-state index contributed by atoms with van der Waals surface area (Å²) in [5.41, 5.74) is 7.32. The topological polar surface area (TPSA) is 82.5 Å². The Kier molecular flexibility index (Phi) is 15.1. The molecule has 2 aromatic heterocycles. The molecule has 1 saturated heterocycles. The molecule has 2 aromatic carbocycles. The first-order valence-electron chi connectivity index (χ1n) is 18.0. The number of benzene rings is 2. The van der Waals surface area contributed by atoms with Crippen molar-refractivity contribution in [3.05, 3.63) is 89.8 Å². The largest absolute Gasteiger partial charge is 0.354 e. The first-order chi connectivity index (χ1) is 23.6. The van der Waals surface area contributed by atoms with E-state index in [0.29, 0.717) is 17.8 Å². The molecule has 5 rings (SSSR count). The number of rotatable bonds is 10. The molecule has 0 bridgehead atoms. The highest BCUT2D eigenvalue weighted by atomic mass is 16.2. The van der Waals surface area contributed by atoms with Crippen molar-refractivity contribution in [3.63, 3.8) is 0 Å². The summed E-state index contributed by atoms with van der Waals surface area (Å²) < 4.78 is 2.20. The number of carbonyl (C=O) groups is 2. The SMILES string of the molecule is C=CC(=O)Nc1cc(C)cc(CCC)c1CNC(=O)c1cc(-c2ccc(N3CCN(C)CC3)nc2)cc2c1ccn2C(C)C.CC.CCC. The van der Waals surface area contributed by atoms with Crippen molar-refractivity contribution in [3.8, 4) is 11.1 Å². The molecule has 2 N–H and O–H groups in total. The molecule has 0 spiro atoms. The van der Waals surface area contributed by atoms with Crippen molar-refractivity contribution in [2.24, 2.45) is 0 Å². The third kappa shape index (κ3) is 10.0. The molecule has 0 unspecified atom stereocenters. The number of aromatic nitrogens is 2. The van der Waals surface area contributed by atoms with Crippen molar-refractivity contribution >= 4 is 34.2 Å². The maximum absolute atomic E-state index is 14.0. The number of anilines is 2. The summed E-state index contributed by atoms with van der Waals surface area (Å²) in [6.45, 7) is 24.5. The molecule has 1 aliphatic rings. The van der Waals surface area contributed by atoms with Crippen molar-refractivity contribution in [1.82, 2.24) is 19.8 Å². The third-order valence-electron chi connectivity index (χ3n) is 8.42. The molecule has 0 atom stereocenters. The number of amides is 2. The predicted molar refractivity (Wildman–Crippen MR) is 208 cm³/mol. The predicted octanol–water partition coefficient (Wildman–Crippen LogP) is 8.79. The van der Waals surface area contributed by atoms with Gasteiger partial charge in [-0.1, -0.05) is 60.1 Å². The van der Waals surface area contributed by atoms with Crippen molar-refractivity contribution < 1.29 is 9.59 Å². The number of nitrogens with zero attached hydrogens (tertiary/aromatic N) is 4. The Morgan fingerprint density at radius 1 is 0.980 bits per heavy atom. The van der Waals surface area contributed by atoms with Crippen LogP contribution in [0.25, 0.3) is 22.0 Å². The van der Waals surface area contributed by atoms with Gasteiger partial charge in [0, 0.05) is 78.9 Å². The Morgan fingerprint density at radius 2 is 1.67 bits per heavy atom. The van der Waals surface area contributed by atoms with E-state index >= 15 is 0 Å². The van der Waals surface area contributed by atoms with Gasteiger partial charge in [0.15, 0.2) is 0 Å². The number of fused-ring (bicyclic) bond motifs is 1. The summed E-state index contributed by atoms with van der Waals surface area (Å²) in [6.07, 6.45) is 8.27. The lowest BCUT2D eigenvalue weighted by Gasteiger charge is -2.33. The van der Waals surface area contributed by atoms with E-state index in [2.05, 4.69) is 97.5 Å². The van der Waals surface area contributed by atoms with Crippen LogP contribution in [0.1, 0.15) is 94.4 Å². The number of hydrogen-bond acceptors (Lipinski definition) is 5. The van der Waals surface area contributed by atoms with E-state index in [1.807, 2.05) is 51.4 Å². The van der Waals surface area contributed by atoms with Gasteiger partial charge in [0.05, 0.1) is 0 Å². The second kappa shape index (κ2) is 18.9. The van der Waals surface area contributed by atoms with Crippen molar-refractivity contribution in [2.45, 2.75) is 87.2 Å². The fourth-order valence-corrected chi connectivity index (χ4v) is 6.00. The summed E-state index contributed by atoms with van der Waals surface area (Å²) in [6, 6.07) is 14.6. The molecule has 0 radical (unpaired) electrons. The minimum atomic E-state index is -0.276. The van der Waals surface area contributed by atoms with Gasteiger partial charge in [-0.25, -0.2) is 4.98 Å². The van der Waals surface area contributed by atoms with Crippen molar-refractivity contribution in [1.29, 1.82) is 0 Å². The molecule has 3 heterocycles. The summed E-state index contributed by atoms with van der Waals surface area (Å²) in [7, 11) is 2.15. The number of hydrogen-bond donors (Lipinski definition) is 2. The van der Waals surface area contributed by atoms with Crippen LogP contribution < -0.4 is 15.5 Å².